The largest absolute Gasteiger partial charge is 0.271 e. The Hall–Kier alpha value is 0.180. The zero-order valence-electron chi connectivity index (χ0n) is 11.5. The van der Waals surface area contributed by atoms with Crippen LogP contribution in [0.25, 0.3) is 0 Å². The monoisotopic (exact) mass is 307 g/mol. The smallest absolute Gasteiger partial charge is 0.211 e. The number of nitrogens with zero attached hydrogens (tertiary/aromatic N) is 1. The van der Waals surface area contributed by atoms with Crippen molar-refractivity contribution in [2.24, 2.45) is 17.7 Å². The van der Waals surface area contributed by atoms with Gasteiger partial charge in [0.1, 0.15) is 0 Å². The minimum atomic E-state index is -3.04. The highest BCUT2D eigenvalue weighted by molar-refractivity contribution is 7.99. The summed E-state index contributed by atoms with van der Waals surface area (Å²) in [6, 6.07) is 0.333. The maximum Gasteiger partial charge on any atom is 0.211 e. The molecule has 2 saturated heterocycles. The standard InChI is InChI=1S/C12H25N3O2S2/c1-19(16,17)15-5-2-3-10(8-15)7-12(14-13)11-4-6-18-9-11/h10-12,14H,2-9,13H2,1H3. The first kappa shape index (κ1) is 15.6. The van der Waals surface area contributed by atoms with Crippen molar-refractivity contribution in [3.63, 3.8) is 0 Å². The van der Waals surface area contributed by atoms with Gasteiger partial charge in [0.2, 0.25) is 10.0 Å². The van der Waals surface area contributed by atoms with Gasteiger partial charge in [0.25, 0.3) is 0 Å². The minimum absolute atomic E-state index is 0.333. The molecule has 7 heteroatoms. The van der Waals surface area contributed by atoms with E-state index in [0.717, 1.165) is 19.3 Å². The molecule has 0 aromatic rings. The van der Waals surface area contributed by atoms with Gasteiger partial charge in [0.05, 0.1) is 6.26 Å². The van der Waals surface area contributed by atoms with Crippen molar-refractivity contribution < 1.29 is 8.42 Å². The number of thioether (sulfide) groups is 1. The van der Waals surface area contributed by atoms with Gasteiger partial charge in [-0.2, -0.15) is 11.8 Å². The van der Waals surface area contributed by atoms with Gasteiger partial charge in [-0.15, -0.1) is 0 Å². The van der Waals surface area contributed by atoms with Crippen LogP contribution in [0.15, 0.2) is 0 Å². The maximum absolute atomic E-state index is 11.6. The van der Waals surface area contributed by atoms with Crippen molar-refractivity contribution in [1.29, 1.82) is 0 Å². The number of piperidine rings is 1. The predicted molar refractivity (Wildman–Crippen MR) is 80.3 cm³/mol. The van der Waals surface area contributed by atoms with Crippen LogP contribution in [0, 0.1) is 11.8 Å². The average Bonchev–Trinajstić information content (AvgIpc) is 2.89. The second kappa shape index (κ2) is 6.76. The number of sulfonamides is 1. The van der Waals surface area contributed by atoms with Crippen molar-refractivity contribution in [1.82, 2.24) is 9.73 Å². The summed E-state index contributed by atoms with van der Waals surface area (Å²) in [6.07, 6.45) is 5.61. The van der Waals surface area contributed by atoms with E-state index >= 15 is 0 Å². The summed E-state index contributed by atoms with van der Waals surface area (Å²) in [6.45, 7) is 1.34. The zero-order chi connectivity index (χ0) is 13.9. The summed E-state index contributed by atoms with van der Waals surface area (Å²) in [5.41, 5.74) is 2.96. The van der Waals surface area contributed by atoms with Crippen molar-refractivity contribution in [2.45, 2.75) is 31.7 Å². The van der Waals surface area contributed by atoms with E-state index in [-0.39, 0.29) is 0 Å². The first-order valence-electron chi connectivity index (χ1n) is 6.99. The summed E-state index contributed by atoms with van der Waals surface area (Å²) >= 11 is 1.99. The molecule has 0 spiro atoms. The third-order valence-electron chi connectivity index (χ3n) is 4.29. The number of rotatable bonds is 5. The molecule has 112 valence electrons. The molecule has 0 aromatic heterocycles. The number of hydrogen-bond acceptors (Lipinski definition) is 5. The van der Waals surface area contributed by atoms with E-state index in [1.54, 1.807) is 4.31 Å². The van der Waals surface area contributed by atoms with Crippen LogP contribution in [0.2, 0.25) is 0 Å². The van der Waals surface area contributed by atoms with Gasteiger partial charge in [-0.25, -0.2) is 12.7 Å². The van der Waals surface area contributed by atoms with Gasteiger partial charge < -0.3 is 0 Å². The van der Waals surface area contributed by atoms with E-state index in [1.807, 2.05) is 11.8 Å². The fourth-order valence-electron chi connectivity index (χ4n) is 3.15. The molecule has 0 aliphatic carbocycles. The van der Waals surface area contributed by atoms with Crippen LogP contribution in [0.5, 0.6) is 0 Å². The van der Waals surface area contributed by atoms with Gasteiger partial charge >= 0.3 is 0 Å². The Balaban J connectivity index is 1.90. The van der Waals surface area contributed by atoms with Gasteiger partial charge in [0, 0.05) is 19.1 Å². The first-order valence-corrected chi connectivity index (χ1v) is 10.00. The highest BCUT2D eigenvalue weighted by Gasteiger charge is 2.31. The van der Waals surface area contributed by atoms with Crippen molar-refractivity contribution >= 4 is 21.8 Å². The summed E-state index contributed by atoms with van der Waals surface area (Å²) in [4.78, 5) is 0. The van der Waals surface area contributed by atoms with Gasteiger partial charge in [-0.3, -0.25) is 11.3 Å². The molecule has 3 atom stereocenters. The lowest BCUT2D eigenvalue weighted by atomic mass is 9.87. The summed E-state index contributed by atoms with van der Waals surface area (Å²) in [7, 11) is -3.04. The average molecular weight is 307 g/mol. The van der Waals surface area contributed by atoms with Crippen LogP contribution in [-0.2, 0) is 10.0 Å². The van der Waals surface area contributed by atoms with E-state index in [4.69, 9.17) is 5.84 Å². The van der Waals surface area contributed by atoms with Crippen LogP contribution in [-0.4, -0.2) is 49.6 Å². The minimum Gasteiger partial charge on any atom is -0.271 e. The number of nitrogens with one attached hydrogen (secondary N) is 1. The molecule has 2 rings (SSSR count). The molecule has 0 amide bonds. The molecule has 3 N–H and O–H groups in total. The highest BCUT2D eigenvalue weighted by Crippen LogP contribution is 2.31. The van der Waals surface area contributed by atoms with E-state index in [0.29, 0.717) is 31.0 Å². The molecule has 0 radical (unpaired) electrons. The quantitative estimate of drug-likeness (QED) is 0.576. The molecule has 0 bridgehead atoms. The Morgan fingerprint density at radius 2 is 2.26 bits per heavy atom. The number of nitrogens with two attached hydrogens (primary N) is 1. The van der Waals surface area contributed by atoms with Gasteiger partial charge in [0.15, 0.2) is 0 Å². The molecule has 2 aliphatic rings. The normalized spacial score (nSPS) is 31.5. The van der Waals surface area contributed by atoms with Crippen LogP contribution in [0.3, 0.4) is 0 Å². The topological polar surface area (TPSA) is 75.4 Å². The third-order valence-corrected chi connectivity index (χ3v) is 6.74. The third kappa shape index (κ3) is 4.32. The Morgan fingerprint density at radius 1 is 1.47 bits per heavy atom. The Labute approximate surface area is 120 Å². The van der Waals surface area contributed by atoms with Crippen LogP contribution in [0.4, 0.5) is 0 Å². The highest BCUT2D eigenvalue weighted by atomic mass is 32.2. The van der Waals surface area contributed by atoms with Crippen molar-refractivity contribution in [3.8, 4) is 0 Å². The van der Waals surface area contributed by atoms with E-state index < -0.39 is 10.0 Å². The van der Waals surface area contributed by atoms with Crippen molar-refractivity contribution in [2.75, 3.05) is 30.9 Å². The second-order valence-electron chi connectivity index (χ2n) is 5.76. The molecular formula is C12H25N3O2S2. The molecule has 2 heterocycles. The van der Waals surface area contributed by atoms with Crippen molar-refractivity contribution in [3.05, 3.63) is 0 Å². The Kier molecular flexibility index (Phi) is 5.54. The summed E-state index contributed by atoms with van der Waals surface area (Å²) < 4.78 is 24.9. The summed E-state index contributed by atoms with van der Waals surface area (Å²) in [5.74, 6) is 9.18. The van der Waals surface area contributed by atoms with E-state index in [2.05, 4.69) is 5.43 Å². The van der Waals surface area contributed by atoms with Crippen LogP contribution in [0.1, 0.15) is 25.7 Å². The molecule has 5 nitrogen and oxygen atoms in total. The van der Waals surface area contributed by atoms with Crippen LogP contribution >= 0.6 is 11.8 Å². The molecule has 0 aromatic carbocycles. The van der Waals surface area contributed by atoms with E-state index in [1.165, 1.54) is 24.2 Å². The molecule has 19 heavy (non-hydrogen) atoms. The first-order chi connectivity index (χ1) is 9.00. The van der Waals surface area contributed by atoms with E-state index in [9.17, 15) is 8.42 Å². The lowest BCUT2D eigenvalue weighted by Crippen LogP contribution is -2.46. The predicted octanol–water partition coefficient (Wildman–Crippen LogP) is 0.633. The zero-order valence-corrected chi connectivity index (χ0v) is 13.2. The fraction of sp³-hybridized carbons (Fsp3) is 1.00. The van der Waals surface area contributed by atoms with Crippen LogP contribution < -0.4 is 11.3 Å². The molecule has 0 saturated carbocycles. The summed E-state index contributed by atoms with van der Waals surface area (Å²) in [5, 5.41) is 0. The maximum atomic E-state index is 11.6. The van der Waals surface area contributed by atoms with Gasteiger partial charge in [-0.05, 0) is 49.0 Å². The molecular weight excluding hydrogens is 282 g/mol. The lowest BCUT2D eigenvalue weighted by Gasteiger charge is -2.34. The fourth-order valence-corrected chi connectivity index (χ4v) is 5.43. The SMILES string of the molecule is CS(=O)(=O)N1CCCC(CC(NN)C2CCSC2)C1. The molecule has 2 fully saturated rings. The number of hydrazine groups is 1. The second-order valence-corrected chi connectivity index (χ2v) is 8.89. The Bertz CT molecular complexity index is 382. The molecule has 3 unspecified atom stereocenters. The Morgan fingerprint density at radius 3 is 2.84 bits per heavy atom. The molecule has 2 aliphatic heterocycles. The van der Waals surface area contributed by atoms with Gasteiger partial charge in [-0.1, -0.05) is 0 Å². The number of hydrogen-bond donors (Lipinski definition) is 2. The lowest BCUT2D eigenvalue weighted by molar-refractivity contribution is 0.219.